The lowest BCUT2D eigenvalue weighted by atomic mass is 10.2. The summed E-state index contributed by atoms with van der Waals surface area (Å²) in [4.78, 5) is 16.4. The van der Waals surface area contributed by atoms with E-state index in [4.69, 9.17) is 0 Å². The van der Waals surface area contributed by atoms with Crippen LogP contribution in [0.5, 0.6) is 0 Å². The van der Waals surface area contributed by atoms with E-state index in [2.05, 4.69) is 15.0 Å². The highest BCUT2D eigenvalue weighted by atomic mass is 32.2. The molecule has 0 saturated carbocycles. The van der Waals surface area contributed by atoms with Crippen LogP contribution < -0.4 is 10.0 Å². The highest BCUT2D eigenvalue weighted by Crippen LogP contribution is 2.12. The highest BCUT2D eigenvalue weighted by Gasteiger charge is 2.21. The smallest absolute Gasteiger partial charge is 0.233 e. The fraction of sp³-hybridized carbons (Fsp3) is 0.412. The molecular formula is C17H23N3O3S2. The molecule has 25 heavy (non-hydrogen) atoms. The Morgan fingerprint density at radius 2 is 1.92 bits per heavy atom. The van der Waals surface area contributed by atoms with Gasteiger partial charge in [0.2, 0.25) is 15.9 Å². The fourth-order valence-electron chi connectivity index (χ4n) is 2.26. The second kappa shape index (κ2) is 8.44. The average molecular weight is 382 g/mol. The van der Waals surface area contributed by atoms with Gasteiger partial charge in [-0.05, 0) is 26.0 Å². The number of nitrogens with zero attached hydrogens (tertiary/aromatic N) is 1. The molecule has 0 radical (unpaired) electrons. The molecule has 8 heteroatoms. The van der Waals surface area contributed by atoms with Crippen molar-refractivity contribution in [2.24, 2.45) is 5.92 Å². The Morgan fingerprint density at radius 3 is 2.52 bits per heavy atom. The first-order valence-electron chi connectivity index (χ1n) is 8.01. The molecule has 1 amide bonds. The van der Waals surface area contributed by atoms with Gasteiger partial charge in [-0.15, -0.1) is 11.3 Å². The number of nitrogens with one attached hydrogen (secondary N) is 2. The van der Waals surface area contributed by atoms with Crippen LogP contribution in [0.2, 0.25) is 0 Å². The summed E-state index contributed by atoms with van der Waals surface area (Å²) in [6.45, 7) is 5.91. The summed E-state index contributed by atoms with van der Waals surface area (Å²) in [6.07, 6.45) is 0.636. The molecule has 0 aliphatic rings. The average Bonchev–Trinajstić information content (AvgIpc) is 2.94. The van der Waals surface area contributed by atoms with Crippen molar-refractivity contribution in [1.82, 2.24) is 10.3 Å². The summed E-state index contributed by atoms with van der Waals surface area (Å²) < 4.78 is 26.9. The van der Waals surface area contributed by atoms with Gasteiger partial charge in [-0.1, -0.05) is 24.6 Å². The molecule has 2 N–H and O–H groups in total. The molecule has 6 nitrogen and oxygen atoms in total. The van der Waals surface area contributed by atoms with Crippen LogP contribution in [0.25, 0.3) is 0 Å². The Bertz CT molecular complexity index is 814. The van der Waals surface area contributed by atoms with E-state index >= 15 is 0 Å². The van der Waals surface area contributed by atoms with Crippen molar-refractivity contribution in [3.63, 3.8) is 0 Å². The van der Waals surface area contributed by atoms with Crippen molar-refractivity contribution in [2.75, 3.05) is 17.0 Å². The Hall–Kier alpha value is -1.93. The minimum atomic E-state index is -3.59. The summed E-state index contributed by atoms with van der Waals surface area (Å²) >= 11 is 1.57. The maximum Gasteiger partial charge on any atom is 0.233 e. The summed E-state index contributed by atoms with van der Waals surface area (Å²) in [5, 5.41) is 5.72. The molecule has 2 aromatic rings. The minimum Gasteiger partial charge on any atom is -0.355 e. The maximum atomic E-state index is 12.2. The topological polar surface area (TPSA) is 88.2 Å². The third-order valence-corrected chi connectivity index (χ3v) is 5.90. The van der Waals surface area contributed by atoms with Crippen molar-refractivity contribution < 1.29 is 13.2 Å². The van der Waals surface area contributed by atoms with E-state index < -0.39 is 15.9 Å². The second-order valence-corrected chi connectivity index (χ2v) is 8.88. The summed E-state index contributed by atoms with van der Waals surface area (Å²) in [6, 6.07) is 7.06. The van der Waals surface area contributed by atoms with Crippen molar-refractivity contribution in [3.8, 4) is 0 Å². The third kappa shape index (κ3) is 6.47. The van der Waals surface area contributed by atoms with E-state index in [0.29, 0.717) is 18.7 Å². The molecule has 0 aliphatic heterocycles. The van der Waals surface area contributed by atoms with Gasteiger partial charge in [-0.25, -0.2) is 13.4 Å². The van der Waals surface area contributed by atoms with Crippen LogP contribution in [0.1, 0.15) is 23.2 Å². The largest absolute Gasteiger partial charge is 0.355 e. The van der Waals surface area contributed by atoms with Crippen molar-refractivity contribution >= 4 is 33.0 Å². The van der Waals surface area contributed by atoms with E-state index in [1.807, 2.05) is 31.4 Å². The summed E-state index contributed by atoms with van der Waals surface area (Å²) in [5.41, 5.74) is 2.48. The lowest BCUT2D eigenvalue weighted by molar-refractivity contribution is -0.123. The number of rotatable bonds is 8. The van der Waals surface area contributed by atoms with E-state index in [1.54, 1.807) is 30.4 Å². The lowest BCUT2D eigenvalue weighted by Crippen LogP contribution is -2.35. The molecule has 0 bridgehead atoms. The minimum absolute atomic E-state index is 0.261. The van der Waals surface area contributed by atoms with E-state index in [1.165, 1.54) is 0 Å². The molecule has 1 atom stereocenters. The number of sulfonamides is 1. The standard InChI is InChI=1S/C17H23N3O3S2/c1-12-4-6-15(7-5-12)20-25(22,23)11-13(2)17(21)18-9-8-16-10-24-14(3)19-16/h4-7,10,13,20H,8-9,11H2,1-3H3,(H,18,21). The first-order chi connectivity index (χ1) is 11.7. The van der Waals surface area contributed by atoms with Crippen LogP contribution in [0.4, 0.5) is 5.69 Å². The van der Waals surface area contributed by atoms with E-state index in [0.717, 1.165) is 16.3 Å². The highest BCUT2D eigenvalue weighted by molar-refractivity contribution is 7.92. The number of amides is 1. The Morgan fingerprint density at radius 1 is 1.24 bits per heavy atom. The van der Waals surface area contributed by atoms with Crippen molar-refractivity contribution in [1.29, 1.82) is 0 Å². The van der Waals surface area contributed by atoms with Gasteiger partial charge in [0.1, 0.15) is 0 Å². The SMILES string of the molecule is Cc1ccc(NS(=O)(=O)CC(C)C(=O)NCCc2csc(C)n2)cc1. The number of thiazole rings is 1. The zero-order valence-electron chi connectivity index (χ0n) is 14.6. The van der Waals surface area contributed by atoms with Crippen LogP contribution in [0.15, 0.2) is 29.6 Å². The molecule has 1 aromatic heterocycles. The van der Waals surface area contributed by atoms with Gasteiger partial charge >= 0.3 is 0 Å². The van der Waals surface area contributed by atoms with Gasteiger partial charge < -0.3 is 5.32 Å². The number of hydrogen-bond acceptors (Lipinski definition) is 5. The van der Waals surface area contributed by atoms with Crippen LogP contribution in [0.3, 0.4) is 0 Å². The number of benzene rings is 1. The third-order valence-electron chi connectivity index (χ3n) is 3.59. The quantitative estimate of drug-likeness (QED) is 0.735. The number of carbonyl (C=O) groups is 1. The van der Waals surface area contributed by atoms with Gasteiger partial charge in [0.05, 0.1) is 22.4 Å². The summed E-state index contributed by atoms with van der Waals surface area (Å²) in [7, 11) is -3.59. The first kappa shape index (κ1) is 19.4. The zero-order chi connectivity index (χ0) is 18.4. The molecule has 2 rings (SSSR count). The molecular weight excluding hydrogens is 358 g/mol. The molecule has 0 fully saturated rings. The second-order valence-electron chi connectivity index (χ2n) is 6.05. The Labute approximate surface area is 152 Å². The molecule has 0 saturated heterocycles. The number of aromatic nitrogens is 1. The van der Waals surface area contributed by atoms with Gasteiger partial charge in [0.15, 0.2) is 0 Å². The van der Waals surface area contributed by atoms with Crippen molar-refractivity contribution in [2.45, 2.75) is 27.2 Å². The molecule has 1 aromatic carbocycles. The molecule has 1 unspecified atom stereocenters. The van der Waals surface area contributed by atoms with Crippen LogP contribution in [-0.2, 0) is 21.2 Å². The Balaban J connectivity index is 1.81. The number of hydrogen-bond donors (Lipinski definition) is 2. The normalized spacial score (nSPS) is 12.6. The van der Waals surface area contributed by atoms with Gasteiger partial charge in [-0.3, -0.25) is 9.52 Å². The number of anilines is 1. The molecule has 136 valence electrons. The Kier molecular flexibility index (Phi) is 6.55. The molecule has 0 aliphatic carbocycles. The number of aryl methyl sites for hydroxylation is 2. The predicted octanol–water partition coefficient (Wildman–Crippen LogP) is 2.50. The van der Waals surface area contributed by atoms with Gasteiger partial charge in [-0.2, -0.15) is 0 Å². The zero-order valence-corrected chi connectivity index (χ0v) is 16.2. The monoisotopic (exact) mass is 381 g/mol. The first-order valence-corrected chi connectivity index (χ1v) is 10.5. The van der Waals surface area contributed by atoms with Gasteiger partial charge in [0, 0.05) is 24.0 Å². The fourth-order valence-corrected chi connectivity index (χ4v) is 4.29. The lowest BCUT2D eigenvalue weighted by Gasteiger charge is -2.14. The van der Waals surface area contributed by atoms with E-state index in [9.17, 15) is 13.2 Å². The van der Waals surface area contributed by atoms with Gasteiger partial charge in [0.25, 0.3) is 0 Å². The predicted molar refractivity (Wildman–Crippen MR) is 101 cm³/mol. The van der Waals surface area contributed by atoms with E-state index in [-0.39, 0.29) is 11.7 Å². The maximum absolute atomic E-state index is 12.2. The van der Waals surface area contributed by atoms with Crippen molar-refractivity contribution in [3.05, 3.63) is 45.9 Å². The van der Waals surface area contributed by atoms with Crippen LogP contribution in [-0.4, -0.2) is 31.6 Å². The van der Waals surface area contributed by atoms with Crippen LogP contribution >= 0.6 is 11.3 Å². The summed E-state index contributed by atoms with van der Waals surface area (Å²) in [5.74, 6) is -1.18. The molecule has 0 spiro atoms. The number of carbonyl (C=O) groups excluding carboxylic acids is 1. The molecule has 1 heterocycles. The van der Waals surface area contributed by atoms with Crippen LogP contribution in [0, 0.1) is 19.8 Å².